The zero-order valence-electron chi connectivity index (χ0n) is 14.1. The van der Waals surface area contributed by atoms with Crippen LogP contribution >= 0.6 is 0 Å². The Balaban J connectivity index is 1.76. The number of benzene rings is 2. The Morgan fingerprint density at radius 2 is 1.75 bits per heavy atom. The van der Waals surface area contributed by atoms with E-state index in [1.54, 1.807) is 4.90 Å². The normalized spacial score (nSPS) is 15.9. The van der Waals surface area contributed by atoms with E-state index in [-0.39, 0.29) is 24.4 Å². The summed E-state index contributed by atoms with van der Waals surface area (Å²) >= 11 is 0. The lowest BCUT2D eigenvalue weighted by Gasteiger charge is -2.27. The van der Waals surface area contributed by atoms with Gasteiger partial charge in [-0.3, -0.25) is 9.59 Å². The van der Waals surface area contributed by atoms with Gasteiger partial charge >= 0.3 is 0 Å². The maximum atomic E-state index is 12.9. The number of fused-ring (bicyclic) bond motifs is 1. The third-order valence-corrected chi connectivity index (χ3v) is 4.46. The zero-order valence-corrected chi connectivity index (χ0v) is 14.1. The van der Waals surface area contributed by atoms with Crippen LogP contribution in [0.1, 0.15) is 25.0 Å². The second kappa shape index (κ2) is 6.87. The Kier molecular flexibility index (Phi) is 4.65. The summed E-state index contributed by atoms with van der Waals surface area (Å²) in [6.07, 6.45) is 0.862. The van der Waals surface area contributed by atoms with Crippen LogP contribution in [0.3, 0.4) is 0 Å². The molecule has 0 spiro atoms. The molecule has 1 unspecified atom stereocenters. The van der Waals surface area contributed by atoms with E-state index in [0.717, 1.165) is 17.7 Å². The predicted octanol–water partition coefficient (Wildman–Crippen LogP) is 3.01. The molecule has 0 saturated heterocycles. The van der Waals surface area contributed by atoms with Crippen LogP contribution in [0.25, 0.3) is 0 Å². The summed E-state index contributed by atoms with van der Waals surface area (Å²) in [6.45, 7) is 4.11. The standard InChI is InChI=1S/C20H22N2O2/c1-15-12-18-10-6-7-11-19(18)22(15)20(24)14-21(16(2)23)13-17-8-4-3-5-9-17/h3-11,15H,12-14H2,1-2H3. The highest BCUT2D eigenvalue weighted by atomic mass is 16.2. The van der Waals surface area contributed by atoms with E-state index >= 15 is 0 Å². The van der Waals surface area contributed by atoms with E-state index in [9.17, 15) is 9.59 Å². The molecule has 1 aliphatic heterocycles. The van der Waals surface area contributed by atoms with Crippen molar-refractivity contribution in [1.29, 1.82) is 0 Å². The van der Waals surface area contributed by atoms with E-state index in [4.69, 9.17) is 0 Å². The highest BCUT2D eigenvalue weighted by molar-refractivity contribution is 5.98. The van der Waals surface area contributed by atoms with E-state index in [1.165, 1.54) is 12.5 Å². The van der Waals surface area contributed by atoms with Gasteiger partial charge in [0.2, 0.25) is 11.8 Å². The number of carbonyl (C=O) groups is 2. The van der Waals surface area contributed by atoms with Gasteiger partial charge in [-0.1, -0.05) is 48.5 Å². The molecule has 0 aliphatic carbocycles. The second-order valence-corrected chi connectivity index (χ2v) is 6.31. The lowest BCUT2D eigenvalue weighted by atomic mass is 10.1. The first kappa shape index (κ1) is 16.2. The Bertz CT molecular complexity index is 742. The van der Waals surface area contributed by atoms with Crippen molar-refractivity contribution in [2.24, 2.45) is 0 Å². The fourth-order valence-corrected chi connectivity index (χ4v) is 3.27. The predicted molar refractivity (Wildman–Crippen MR) is 94.6 cm³/mol. The fraction of sp³-hybridized carbons (Fsp3) is 0.300. The number of amides is 2. The van der Waals surface area contributed by atoms with Crippen LogP contribution in [0.15, 0.2) is 54.6 Å². The van der Waals surface area contributed by atoms with Gasteiger partial charge in [-0.25, -0.2) is 0 Å². The lowest BCUT2D eigenvalue weighted by Crippen LogP contribution is -2.44. The number of hydrogen-bond acceptors (Lipinski definition) is 2. The molecule has 24 heavy (non-hydrogen) atoms. The molecule has 1 atom stereocenters. The molecule has 4 nitrogen and oxygen atoms in total. The van der Waals surface area contributed by atoms with Crippen molar-refractivity contribution in [1.82, 2.24) is 4.90 Å². The van der Waals surface area contributed by atoms with Gasteiger partial charge in [0.1, 0.15) is 6.54 Å². The van der Waals surface area contributed by atoms with E-state index in [0.29, 0.717) is 6.54 Å². The second-order valence-electron chi connectivity index (χ2n) is 6.31. The van der Waals surface area contributed by atoms with Crippen molar-refractivity contribution >= 4 is 17.5 Å². The Hall–Kier alpha value is -2.62. The number of nitrogens with zero attached hydrogens (tertiary/aromatic N) is 2. The summed E-state index contributed by atoms with van der Waals surface area (Å²) in [4.78, 5) is 28.3. The smallest absolute Gasteiger partial charge is 0.246 e. The van der Waals surface area contributed by atoms with Crippen LogP contribution in [-0.2, 0) is 22.6 Å². The molecule has 3 rings (SSSR count). The number of hydrogen-bond donors (Lipinski definition) is 0. The minimum absolute atomic E-state index is 0.0291. The van der Waals surface area contributed by atoms with Gasteiger partial charge < -0.3 is 9.80 Å². The number of para-hydroxylation sites is 1. The van der Waals surface area contributed by atoms with Gasteiger partial charge in [-0.05, 0) is 30.5 Å². The van der Waals surface area contributed by atoms with Crippen LogP contribution in [0.5, 0.6) is 0 Å². The number of anilines is 1. The third kappa shape index (κ3) is 3.32. The molecule has 0 N–H and O–H groups in total. The minimum Gasteiger partial charge on any atom is -0.329 e. The van der Waals surface area contributed by atoms with E-state index < -0.39 is 0 Å². The Morgan fingerprint density at radius 3 is 2.46 bits per heavy atom. The van der Waals surface area contributed by atoms with Crippen molar-refractivity contribution in [2.45, 2.75) is 32.9 Å². The largest absolute Gasteiger partial charge is 0.329 e. The Labute approximate surface area is 142 Å². The maximum Gasteiger partial charge on any atom is 0.246 e. The molecule has 0 aromatic heterocycles. The highest BCUT2D eigenvalue weighted by Gasteiger charge is 2.31. The lowest BCUT2D eigenvalue weighted by molar-refractivity contribution is -0.134. The molecular weight excluding hydrogens is 300 g/mol. The van der Waals surface area contributed by atoms with Crippen LogP contribution in [0, 0.1) is 0 Å². The zero-order chi connectivity index (χ0) is 17.1. The van der Waals surface area contributed by atoms with Gasteiger partial charge in [-0.2, -0.15) is 0 Å². The summed E-state index contributed by atoms with van der Waals surface area (Å²) in [7, 11) is 0. The summed E-state index contributed by atoms with van der Waals surface area (Å²) in [5.41, 5.74) is 3.18. The quantitative estimate of drug-likeness (QED) is 0.868. The Morgan fingerprint density at radius 1 is 1.08 bits per heavy atom. The van der Waals surface area contributed by atoms with E-state index in [2.05, 4.69) is 6.07 Å². The first-order valence-corrected chi connectivity index (χ1v) is 8.25. The van der Waals surface area contributed by atoms with Crippen molar-refractivity contribution in [3.63, 3.8) is 0 Å². The van der Waals surface area contributed by atoms with Crippen LogP contribution in [0.4, 0.5) is 5.69 Å². The summed E-state index contributed by atoms with van der Waals surface area (Å²) in [5.74, 6) is -0.120. The van der Waals surface area contributed by atoms with Crippen molar-refractivity contribution < 1.29 is 9.59 Å². The molecule has 124 valence electrons. The van der Waals surface area contributed by atoms with Gasteiger partial charge in [0, 0.05) is 25.2 Å². The van der Waals surface area contributed by atoms with Gasteiger partial charge in [-0.15, -0.1) is 0 Å². The highest BCUT2D eigenvalue weighted by Crippen LogP contribution is 2.31. The summed E-state index contributed by atoms with van der Waals surface area (Å²) < 4.78 is 0. The van der Waals surface area contributed by atoms with Crippen LogP contribution in [-0.4, -0.2) is 29.3 Å². The van der Waals surface area contributed by atoms with E-state index in [1.807, 2.05) is 60.4 Å². The monoisotopic (exact) mass is 322 g/mol. The maximum absolute atomic E-state index is 12.9. The molecule has 2 amide bonds. The fourth-order valence-electron chi connectivity index (χ4n) is 3.27. The molecule has 2 aromatic carbocycles. The van der Waals surface area contributed by atoms with Crippen molar-refractivity contribution in [2.75, 3.05) is 11.4 Å². The average molecular weight is 322 g/mol. The molecule has 0 radical (unpaired) electrons. The third-order valence-electron chi connectivity index (χ3n) is 4.46. The molecule has 1 heterocycles. The molecule has 0 saturated carbocycles. The molecule has 4 heteroatoms. The first-order valence-electron chi connectivity index (χ1n) is 8.25. The molecule has 0 fully saturated rings. The first-order chi connectivity index (χ1) is 11.6. The topological polar surface area (TPSA) is 40.6 Å². The van der Waals surface area contributed by atoms with Gasteiger partial charge in [0.15, 0.2) is 0 Å². The summed E-state index contributed by atoms with van der Waals surface area (Å²) in [6, 6.07) is 17.9. The van der Waals surface area contributed by atoms with Crippen molar-refractivity contribution in [3.05, 3.63) is 65.7 Å². The van der Waals surface area contributed by atoms with Crippen LogP contribution < -0.4 is 4.90 Å². The minimum atomic E-state index is -0.0904. The number of rotatable bonds is 4. The SMILES string of the molecule is CC(=O)N(CC(=O)N1c2ccccc2CC1C)Cc1ccccc1. The average Bonchev–Trinajstić information content (AvgIpc) is 2.90. The number of carbonyl (C=O) groups excluding carboxylic acids is 2. The van der Waals surface area contributed by atoms with Crippen molar-refractivity contribution in [3.8, 4) is 0 Å². The molecule has 0 bridgehead atoms. The van der Waals surface area contributed by atoms with Gasteiger partial charge in [0.25, 0.3) is 0 Å². The van der Waals surface area contributed by atoms with Crippen LogP contribution in [0.2, 0.25) is 0 Å². The summed E-state index contributed by atoms with van der Waals surface area (Å²) in [5, 5.41) is 0. The van der Waals surface area contributed by atoms with Gasteiger partial charge in [0.05, 0.1) is 0 Å². The molecule has 2 aromatic rings. The molecule has 1 aliphatic rings. The molecular formula is C20H22N2O2.